The second kappa shape index (κ2) is 4.87. The first-order valence-electron chi connectivity index (χ1n) is 4.93. The lowest BCUT2D eigenvalue weighted by Gasteiger charge is -2.03. The van der Waals surface area contributed by atoms with Gasteiger partial charge < -0.3 is 5.73 Å². The Labute approximate surface area is 110 Å². The van der Waals surface area contributed by atoms with Gasteiger partial charge in [-0.2, -0.15) is 13.2 Å². The summed E-state index contributed by atoms with van der Waals surface area (Å²) in [6, 6.07) is 5.02. The van der Waals surface area contributed by atoms with Gasteiger partial charge in [-0.25, -0.2) is 4.98 Å². The summed E-state index contributed by atoms with van der Waals surface area (Å²) < 4.78 is 37.3. The first-order valence-corrected chi connectivity index (χ1v) is 6.13. The van der Waals surface area contributed by atoms with Crippen molar-refractivity contribution in [3.05, 3.63) is 40.0 Å². The van der Waals surface area contributed by atoms with E-state index in [0.29, 0.717) is 33.3 Å². The van der Waals surface area contributed by atoms with Gasteiger partial charge in [0.25, 0.3) is 0 Å². The van der Waals surface area contributed by atoms with E-state index < -0.39 is 11.2 Å². The van der Waals surface area contributed by atoms with Crippen molar-refractivity contribution in [2.45, 2.75) is 12.7 Å². The van der Waals surface area contributed by atoms with Gasteiger partial charge in [0.05, 0.1) is 4.88 Å². The van der Waals surface area contributed by atoms with Crippen molar-refractivity contribution >= 4 is 22.9 Å². The molecule has 0 spiro atoms. The number of halogens is 4. The van der Waals surface area contributed by atoms with Gasteiger partial charge in [0, 0.05) is 23.3 Å². The number of hydrogen-bond donors (Lipinski definition) is 1. The molecule has 0 fully saturated rings. The number of thiazole rings is 1. The lowest BCUT2D eigenvalue weighted by atomic mass is 10.1. The van der Waals surface area contributed by atoms with E-state index in [0.717, 1.165) is 5.56 Å². The fourth-order valence-corrected chi connectivity index (χ4v) is 2.60. The third-order valence-corrected chi connectivity index (χ3v) is 3.67. The molecule has 2 aromatic rings. The van der Waals surface area contributed by atoms with Gasteiger partial charge in [0.15, 0.2) is 5.01 Å². The molecule has 0 bridgehead atoms. The third kappa shape index (κ3) is 2.66. The highest BCUT2D eigenvalue weighted by Crippen LogP contribution is 2.38. The highest BCUT2D eigenvalue weighted by Gasteiger charge is 2.34. The van der Waals surface area contributed by atoms with E-state index in [9.17, 15) is 13.2 Å². The van der Waals surface area contributed by atoms with E-state index in [-0.39, 0.29) is 0 Å². The lowest BCUT2D eigenvalue weighted by Crippen LogP contribution is -2.02. The number of nitrogens with zero attached hydrogens (tertiary/aromatic N) is 1. The van der Waals surface area contributed by atoms with Crippen LogP contribution in [0.25, 0.3) is 10.4 Å². The van der Waals surface area contributed by atoms with E-state index >= 15 is 0 Å². The van der Waals surface area contributed by atoms with Crippen LogP contribution in [0.4, 0.5) is 13.2 Å². The summed E-state index contributed by atoms with van der Waals surface area (Å²) in [6.45, 7) is 0.330. The van der Waals surface area contributed by atoms with E-state index in [4.69, 9.17) is 17.3 Å². The second-order valence-corrected chi connectivity index (χ2v) is 4.98. The Morgan fingerprint density at radius 1 is 1.33 bits per heavy atom. The largest absolute Gasteiger partial charge is 0.443 e. The monoisotopic (exact) mass is 292 g/mol. The summed E-state index contributed by atoms with van der Waals surface area (Å²) in [7, 11) is 0. The van der Waals surface area contributed by atoms with Crippen LogP contribution in [-0.2, 0) is 12.7 Å². The fraction of sp³-hybridized carbons (Fsp3) is 0.182. The minimum absolute atomic E-state index is 0.330. The summed E-state index contributed by atoms with van der Waals surface area (Å²) in [4.78, 5) is 3.74. The van der Waals surface area contributed by atoms with Crippen molar-refractivity contribution in [2.24, 2.45) is 5.73 Å². The highest BCUT2D eigenvalue weighted by atomic mass is 35.5. The minimum Gasteiger partial charge on any atom is -0.326 e. The molecule has 1 aromatic heterocycles. The second-order valence-electron chi connectivity index (χ2n) is 3.55. The first kappa shape index (κ1) is 13.3. The SMILES string of the molecule is NCc1ccc(-c2cnc(C(F)(F)F)s2)c(Cl)c1. The predicted molar refractivity (Wildman–Crippen MR) is 65.5 cm³/mol. The molecule has 2 N–H and O–H groups in total. The molecule has 0 atom stereocenters. The zero-order chi connectivity index (χ0) is 13.3. The third-order valence-electron chi connectivity index (χ3n) is 2.28. The molecule has 18 heavy (non-hydrogen) atoms. The lowest BCUT2D eigenvalue weighted by molar-refractivity contribution is -0.137. The van der Waals surface area contributed by atoms with Crippen molar-refractivity contribution in [1.29, 1.82) is 0 Å². The van der Waals surface area contributed by atoms with Crippen LogP contribution < -0.4 is 5.73 Å². The zero-order valence-electron chi connectivity index (χ0n) is 8.96. The molecule has 1 aromatic carbocycles. The van der Waals surface area contributed by atoms with E-state index in [2.05, 4.69) is 4.98 Å². The van der Waals surface area contributed by atoms with Crippen molar-refractivity contribution in [1.82, 2.24) is 4.98 Å². The van der Waals surface area contributed by atoms with Crippen LogP contribution in [0.15, 0.2) is 24.4 Å². The van der Waals surface area contributed by atoms with Gasteiger partial charge in [-0.1, -0.05) is 23.7 Å². The van der Waals surface area contributed by atoms with Crippen LogP contribution in [0.5, 0.6) is 0 Å². The minimum atomic E-state index is -4.42. The van der Waals surface area contributed by atoms with Crippen LogP contribution in [0.2, 0.25) is 5.02 Å². The Kier molecular flexibility index (Phi) is 3.61. The van der Waals surface area contributed by atoms with Crippen LogP contribution >= 0.6 is 22.9 Å². The molecular weight excluding hydrogens is 285 g/mol. The van der Waals surface area contributed by atoms with Crippen LogP contribution in [0.3, 0.4) is 0 Å². The number of alkyl halides is 3. The molecule has 0 aliphatic heterocycles. The maximum atomic E-state index is 12.4. The molecule has 2 nitrogen and oxygen atoms in total. The molecule has 0 aliphatic rings. The number of hydrogen-bond acceptors (Lipinski definition) is 3. The average molecular weight is 293 g/mol. The van der Waals surface area contributed by atoms with E-state index in [1.54, 1.807) is 18.2 Å². The predicted octanol–water partition coefficient (Wildman–Crippen LogP) is 3.94. The number of rotatable bonds is 2. The van der Waals surface area contributed by atoms with Crippen LogP contribution in [-0.4, -0.2) is 4.98 Å². The maximum Gasteiger partial charge on any atom is 0.443 e. The Morgan fingerprint density at radius 3 is 2.56 bits per heavy atom. The van der Waals surface area contributed by atoms with Crippen molar-refractivity contribution in [3.63, 3.8) is 0 Å². The molecular formula is C11H8ClF3N2S. The number of nitrogens with two attached hydrogens (primary N) is 1. The van der Waals surface area contributed by atoms with Gasteiger partial charge in [-0.15, -0.1) is 11.3 Å². The molecule has 96 valence electrons. The zero-order valence-corrected chi connectivity index (χ0v) is 10.5. The Balaban J connectivity index is 2.40. The highest BCUT2D eigenvalue weighted by molar-refractivity contribution is 7.15. The summed E-state index contributed by atoms with van der Waals surface area (Å²) in [5, 5.41) is -0.508. The molecule has 0 aliphatic carbocycles. The molecule has 0 saturated heterocycles. The van der Waals surface area contributed by atoms with Crippen molar-refractivity contribution in [3.8, 4) is 10.4 Å². The number of benzene rings is 1. The average Bonchev–Trinajstić information content (AvgIpc) is 2.77. The van der Waals surface area contributed by atoms with Gasteiger partial charge in [0.2, 0.25) is 0 Å². The summed E-state index contributed by atoms with van der Waals surface area (Å²) in [5.74, 6) is 0. The van der Waals surface area contributed by atoms with Crippen LogP contribution in [0, 0.1) is 0 Å². The molecule has 0 unspecified atom stereocenters. The molecule has 1 heterocycles. The number of aromatic nitrogens is 1. The molecule has 0 radical (unpaired) electrons. The Bertz CT molecular complexity index is 566. The smallest absolute Gasteiger partial charge is 0.326 e. The molecule has 2 rings (SSSR count). The Morgan fingerprint density at radius 2 is 2.06 bits per heavy atom. The van der Waals surface area contributed by atoms with Gasteiger partial charge >= 0.3 is 6.18 Å². The Hall–Kier alpha value is -1.11. The van der Waals surface area contributed by atoms with Crippen molar-refractivity contribution < 1.29 is 13.2 Å². The van der Waals surface area contributed by atoms with Gasteiger partial charge in [-0.05, 0) is 11.6 Å². The van der Waals surface area contributed by atoms with Gasteiger partial charge in [-0.3, -0.25) is 0 Å². The standard InChI is InChI=1S/C11H8ClF3N2S/c12-8-3-6(4-16)1-2-7(8)9-5-17-10(18-9)11(13,14)15/h1-3,5H,4,16H2. The molecule has 0 amide bonds. The first-order chi connectivity index (χ1) is 8.41. The maximum absolute atomic E-state index is 12.4. The van der Waals surface area contributed by atoms with E-state index in [1.165, 1.54) is 6.20 Å². The summed E-state index contributed by atoms with van der Waals surface area (Å²) in [5.41, 5.74) is 6.80. The summed E-state index contributed by atoms with van der Waals surface area (Å²) in [6.07, 6.45) is -3.25. The summed E-state index contributed by atoms with van der Waals surface area (Å²) >= 11 is 6.58. The van der Waals surface area contributed by atoms with E-state index in [1.807, 2.05) is 0 Å². The van der Waals surface area contributed by atoms with Gasteiger partial charge in [0.1, 0.15) is 0 Å². The quantitative estimate of drug-likeness (QED) is 0.910. The van der Waals surface area contributed by atoms with Crippen LogP contribution in [0.1, 0.15) is 10.6 Å². The molecule has 7 heteroatoms. The van der Waals surface area contributed by atoms with Crippen molar-refractivity contribution in [2.75, 3.05) is 0 Å². The molecule has 0 saturated carbocycles. The topological polar surface area (TPSA) is 38.9 Å². The fourth-order valence-electron chi connectivity index (χ4n) is 1.42. The normalized spacial score (nSPS) is 11.8.